The second kappa shape index (κ2) is 9.47. The van der Waals surface area contributed by atoms with E-state index in [1.165, 1.54) is 6.07 Å². The smallest absolute Gasteiger partial charge is 0.240 e. The Morgan fingerprint density at radius 2 is 1.82 bits per heavy atom. The van der Waals surface area contributed by atoms with Crippen LogP contribution in [0.15, 0.2) is 42.6 Å². The number of benzene rings is 1. The molecular weight excluding hydrogens is 429 g/mol. The maximum Gasteiger partial charge on any atom is 0.240 e. The Kier molecular flexibility index (Phi) is 6.29. The van der Waals surface area contributed by atoms with Crippen molar-refractivity contribution in [1.29, 1.82) is 0 Å². The Hall–Kier alpha value is -4.28. The number of pyridine rings is 1. The highest BCUT2D eigenvalue weighted by Crippen LogP contribution is 2.28. The number of ether oxygens (including phenoxy) is 3. The standard InChI is InChI=1S/C22H22FN7O3/c1-13-26-20(10-21(27-13)33-12-16-6-5-15(23)11-25-16)30-19(28-22(24)29-30)9-14-4-7-17(31-2)18(8-14)32-3/h4-8,10-11H,9,12H2,1-3H3,(H2,24,29). The zero-order valence-corrected chi connectivity index (χ0v) is 18.3. The molecule has 0 bridgehead atoms. The quantitative estimate of drug-likeness (QED) is 0.431. The van der Waals surface area contributed by atoms with Gasteiger partial charge in [-0.2, -0.15) is 14.6 Å². The lowest BCUT2D eigenvalue weighted by Crippen LogP contribution is -2.09. The monoisotopic (exact) mass is 451 g/mol. The first kappa shape index (κ1) is 21.9. The van der Waals surface area contributed by atoms with Crippen LogP contribution < -0.4 is 19.9 Å². The fraction of sp³-hybridized carbons (Fsp3) is 0.227. The molecule has 0 unspecified atom stereocenters. The highest BCUT2D eigenvalue weighted by molar-refractivity contribution is 5.44. The molecule has 0 atom stereocenters. The van der Waals surface area contributed by atoms with Crippen molar-refractivity contribution in [3.05, 3.63) is 71.3 Å². The maximum absolute atomic E-state index is 13.1. The average molecular weight is 451 g/mol. The summed E-state index contributed by atoms with van der Waals surface area (Å²) >= 11 is 0. The van der Waals surface area contributed by atoms with Gasteiger partial charge in [-0.05, 0) is 36.8 Å². The summed E-state index contributed by atoms with van der Waals surface area (Å²) < 4.78 is 31.0. The Morgan fingerprint density at radius 1 is 1.00 bits per heavy atom. The van der Waals surface area contributed by atoms with E-state index in [0.717, 1.165) is 11.8 Å². The van der Waals surface area contributed by atoms with E-state index >= 15 is 0 Å². The lowest BCUT2D eigenvalue weighted by Gasteiger charge is -2.11. The van der Waals surface area contributed by atoms with E-state index in [-0.39, 0.29) is 12.6 Å². The fourth-order valence-corrected chi connectivity index (χ4v) is 3.18. The Bertz CT molecular complexity index is 1260. The lowest BCUT2D eigenvalue weighted by atomic mass is 10.1. The van der Waals surface area contributed by atoms with E-state index in [1.54, 1.807) is 38.0 Å². The molecule has 33 heavy (non-hydrogen) atoms. The second-order valence-corrected chi connectivity index (χ2v) is 7.03. The molecule has 0 spiro atoms. The number of aryl methyl sites for hydroxylation is 1. The molecule has 0 radical (unpaired) electrons. The number of aromatic nitrogens is 6. The van der Waals surface area contributed by atoms with Crippen molar-refractivity contribution < 1.29 is 18.6 Å². The van der Waals surface area contributed by atoms with Crippen LogP contribution in [0.1, 0.15) is 22.9 Å². The first-order valence-electron chi connectivity index (χ1n) is 9.96. The van der Waals surface area contributed by atoms with Crippen LogP contribution in [0.2, 0.25) is 0 Å². The minimum absolute atomic E-state index is 0.111. The molecular formula is C22H22FN7O3. The van der Waals surface area contributed by atoms with E-state index in [2.05, 4.69) is 25.0 Å². The van der Waals surface area contributed by atoms with Crippen LogP contribution in [0.25, 0.3) is 5.82 Å². The minimum atomic E-state index is -0.412. The minimum Gasteiger partial charge on any atom is -0.493 e. The van der Waals surface area contributed by atoms with Gasteiger partial charge in [0.15, 0.2) is 17.3 Å². The summed E-state index contributed by atoms with van der Waals surface area (Å²) in [6, 6.07) is 10.1. The van der Waals surface area contributed by atoms with Gasteiger partial charge in [0, 0.05) is 12.5 Å². The van der Waals surface area contributed by atoms with Crippen LogP contribution in [0.3, 0.4) is 0 Å². The molecule has 0 fully saturated rings. The third-order valence-electron chi connectivity index (χ3n) is 4.68. The summed E-state index contributed by atoms with van der Waals surface area (Å²) in [5.41, 5.74) is 7.38. The zero-order valence-electron chi connectivity index (χ0n) is 18.3. The van der Waals surface area contributed by atoms with E-state index in [4.69, 9.17) is 19.9 Å². The fourth-order valence-electron chi connectivity index (χ4n) is 3.18. The predicted octanol–water partition coefficient (Wildman–Crippen LogP) is 2.67. The molecule has 0 saturated heterocycles. The van der Waals surface area contributed by atoms with Crippen molar-refractivity contribution in [2.45, 2.75) is 20.0 Å². The van der Waals surface area contributed by atoms with Gasteiger partial charge in [-0.3, -0.25) is 4.98 Å². The molecule has 4 aromatic rings. The number of nitrogens with two attached hydrogens (primary N) is 1. The molecule has 2 N–H and O–H groups in total. The number of rotatable bonds is 8. The summed E-state index contributed by atoms with van der Waals surface area (Å²) in [5, 5.41) is 4.29. The lowest BCUT2D eigenvalue weighted by molar-refractivity contribution is 0.287. The van der Waals surface area contributed by atoms with Gasteiger partial charge in [-0.25, -0.2) is 9.37 Å². The van der Waals surface area contributed by atoms with Crippen molar-refractivity contribution in [1.82, 2.24) is 29.7 Å². The van der Waals surface area contributed by atoms with E-state index in [0.29, 0.717) is 47.0 Å². The summed E-state index contributed by atoms with van der Waals surface area (Å²) in [7, 11) is 3.16. The highest BCUT2D eigenvalue weighted by Gasteiger charge is 2.15. The number of nitrogen functional groups attached to an aromatic ring is 1. The van der Waals surface area contributed by atoms with Crippen LogP contribution in [-0.4, -0.2) is 43.9 Å². The molecule has 1 aromatic carbocycles. The van der Waals surface area contributed by atoms with Gasteiger partial charge < -0.3 is 19.9 Å². The molecule has 0 amide bonds. The zero-order chi connectivity index (χ0) is 23.4. The molecule has 3 heterocycles. The molecule has 11 heteroatoms. The molecule has 4 rings (SSSR count). The summed E-state index contributed by atoms with van der Waals surface area (Å²) in [5.74, 6) is 2.75. The van der Waals surface area contributed by atoms with E-state index < -0.39 is 5.82 Å². The van der Waals surface area contributed by atoms with Crippen LogP contribution in [0.5, 0.6) is 17.4 Å². The largest absolute Gasteiger partial charge is 0.493 e. The van der Waals surface area contributed by atoms with Crippen molar-refractivity contribution in [2.24, 2.45) is 0 Å². The number of halogens is 1. The SMILES string of the molecule is COc1ccc(Cc2nc(N)nn2-c2cc(OCc3ccc(F)cn3)nc(C)n2)cc1OC. The van der Waals surface area contributed by atoms with Gasteiger partial charge in [0.25, 0.3) is 0 Å². The average Bonchev–Trinajstić information content (AvgIpc) is 3.18. The van der Waals surface area contributed by atoms with Crippen molar-refractivity contribution in [3.63, 3.8) is 0 Å². The third kappa shape index (κ3) is 5.14. The molecule has 170 valence electrons. The predicted molar refractivity (Wildman–Crippen MR) is 117 cm³/mol. The molecule has 3 aromatic heterocycles. The van der Waals surface area contributed by atoms with E-state index in [1.807, 2.05) is 18.2 Å². The Labute approximate surface area is 189 Å². The van der Waals surface area contributed by atoms with Crippen LogP contribution in [-0.2, 0) is 13.0 Å². The van der Waals surface area contributed by atoms with Gasteiger partial charge in [0.1, 0.15) is 24.1 Å². The number of hydrogen-bond donors (Lipinski definition) is 1. The molecule has 0 saturated carbocycles. The Balaban J connectivity index is 1.60. The normalized spacial score (nSPS) is 10.8. The van der Waals surface area contributed by atoms with Crippen molar-refractivity contribution >= 4 is 5.95 Å². The van der Waals surface area contributed by atoms with E-state index in [9.17, 15) is 4.39 Å². The first-order valence-corrected chi connectivity index (χ1v) is 9.96. The van der Waals surface area contributed by atoms with Crippen LogP contribution >= 0.6 is 0 Å². The third-order valence-corrected chi connectivity index (χ3v) is 4.68. The number of hydrogen-bond acceptors (Lipinski definition) is 9. The van der Waals surface area contributed by atoms with Crippen molar-refractivity contribution in [3.8, 4) is 23.2 Å². The molecule has 0 aliphatic carbocycles. The summed E-state index contributed by atoms with van der Waals surface area (Å²) in [6.07, 6.45) is 1.55. The van der Waals surface area contributed by atoms with Gasteiger partial charge in [0.05, 0.1) is 26.1 Å². The second-order valence-electron chi connectivity index (χ2n) is 7.03. The van der Waals surface area contributed by atoms with Crippen LogP contribution in [0, 0.1) is 12.7 Å². The van der Waals surface area contributed by atoms with Crippen LogP contribution in [0.4, 0.5) is 10.3 Å². The Morgan fingerprint density at radius 3 is 2.55 bits per heavy atom. The molecule has 0 aliphatic heterocycles. The summed E-state index contributed by atoms with van der Waals surface area (Å²) in [6.45, 7) is 1.86. The van der Waals surface area contributed by atoms with Gasteiger partial charge in [-0.1, -0.05) is 6.07 Å². The van der Waals surface area contributed by atoms with Gasteiger partial charge >= 0.3 is 0 Å². The topological polar surface area (TPSA) is 123 Å². The molecule has 10 nitrogen and oxygen atoms in total. The number of methoxy groups -OCH3 is 2. The summed E-state index contributed by atoms with van der Waals surface area (Å²) in [4.78, 5) is 17.1. The number of anilines is 1. The molecule has 0 aliphatic rings. The maximum atomic E-state index is 13.1. The van der Waals surface area contributed by atoms with Crippen molar-refractivity contribution in [2.75, 3.05) is 20.0 Å². The van der Waals surface area contributed by atoms with Gasteiger partial charge in [-0.15, -0.1) is 5.10 Å². The number of nitrogens with zero attached hydrogens (tertiary/aromatic N) is 6. The van der Waals surface area contributed by atoms with Gasteiger partial charge in [0.2, 0.25) is 11.8 Å². The highest BCUT2D eigenvalue weighted by atomic mass is 19.1. The first-order chi connectivity index (χ1) is 15.9.